The van der Waals surface area contributed by atoms with Gasteiger partial charge in [-0.25, -0.2) is 0 Å². The normalized spacial score (nSPS) is 14.9. The molecule has 3 heteroatoms. The summed E-state index contributed by atoms with van der Waals surface area (Å²) in [6.07, 6.45) is 5.54. The van der Waals surface area contributed by atoms with Gasteiger partial charge in [-0.15, -0.1) is 0 Å². The van der Waals surface area contributed by atoms with Crippen LogP contribution in [0.15, 0.2) is 18.3 Å². The van der Waals surface area contributed by atoms with Crippen molar-refractivity contribution < 1.29 is 4.79 Å². The molecule has 1 saturated carbocycles. The highest BCUT2D eigenvalue weighted by Crippen LogP contribution is 2.31. The molecule has 2 rings (SSSR count). The van der Waals surface area contributed by atoms with E-state index in [9.17, 15) is 4.79 Å². The summed E-state index contributed by atoms with van der Waals surface area (Å²) in [6, 6.07) is 4.53. The number of nitrogens with zero attached hydrogens (tertiary/aromatic N) is 2. The number of aromatic nitrogens is 1. The lowest BCUT2D eigenvalue weighted by Gasteiger charge is -2.23. The fourth-order valence-electron chi connectivity index (χ4n) is 1.91. The molecule has 16 heavy (non-hydrogen) atoms. The van der Waals surface area contributed by atoms with Crippen LogP contribution >= 0.6 is 0 Å². The molecule has 0 saturated heterocycles. The first-order chi connectivity index (χ1) is 7.72. The molecule has 0 atom stereocenters. The van der Waals surface area contributed by atoms with E-state index in [0.717, 1.165) is 18.7 Å². The number of rotatable bonds is 5. The molecule has 0 radical (unpaired) electrons. The second-order valence-electron chi connectivity index (χ2n) is 4.38. The van der Waals surface area contributed by atoms with Gasteiger partial charge in [0.2, 0.25) is 0 Å². The molecule has 1 fully saturated rings. The summed E-state index contributed by atoms with van der Waals surface area (Å²) in [5.41, 5.74) is 1.70. The molecule has 0 N–H and O–H groups in total. The molecule has 1 aliphatic carbocycles. The van der Waals surface area contributed by atoms with Gasteiger partial charge in [0.1, 0.15) is 5.69 Å². The standard InChI is InChI=1S/C13H18N2O/c1-3-8-15(11-4-5-11)12-6-7-13(10(2)16)14-9-12/h6-7,9,11H,3-5,8H2,1-2H3. The van der Waals surface area contributed by atoms with E-state index in [1.807, 2.05) is 18.3 Å². The van der Waals surface area contributed by atoms with Gasteiger partial charge in [0.05, 0.1) is 11.9 Å². The highest BCUT2D eigenvalue weighted by atomic mass is 16.1. The van der Waals surface area contributed by atoms with Crippen LogP contribution in [0, 0.1) is 0 Å². The largest absolute Gasteiger partial charge is 0.367 e. The number of Topliss-reactive ketones (excluding diaryl/α,β-unsaturated/α-hetero) is 1. The molecule has 0 aromatic carbocycles. The predicted molar refractivity (Wildman–Crippen MR) is 64.9 cm³/mol. The number of pyridine rings is 1. The van der Waals surface area contributed by atoms with Crippen LogP contribution in [0.25, 0.3) is 0 Å². The Kier molecular flexibility index (Phi) is 3.22. The first-order valence-electron chi connectivity index (χ1n) is 5.96. The Bertz CT molecular complexity index is 368. The summed E-state index contributed by atoms with van der Waals surface area (Å²) in [7, 11) is 0. The molecule has 86 valence electrons. The SMILES string of the molecule is CCCN(c1ccc(C(C)=O)nc1)C1CC1. The van der Waals surface area contributed by atoms with Crippen molar-refractivity contribution in [2.45, 2.75) is 39.2 Å². The van der Waals surface area contributed by atoms with E-state index >= 15 is 0 Å². The zero-order valence-electron chi connectivity index (χ0n) is 9.94. The molecule has 1 aliphatic rings. The summed E-state index contributed by atoms with van der Waals surface area (Å²) >= 11 is 0. The minimum Gasteiger partial charge on any atom is -0.367 e. The van der Waals surface area contributed by atoms with Crippen LogP contribution in [-0.2, 0) is 0 Å². The highest BCUT2D eigenvalue weighted by Gasteiger charge is 2.28. The van der Waals surface area contributed by atoms with Crippen molar-refractivity contribution in [3.05, 3.63) is 24.0 Å². The number of carbonyl (C=O) groups is 1. The first-order valence-corrected chi connectivity index (χ1v) is 5.96. The molecular weight excluding hydrogens is 200 g/mol. The Balaban J connectivity index is 2.14. The average molecular weight is 218 g/mol. The van der Waals surface area contributed by atoms with Crippen LogP contribution < -0.4 is 4.90 Å². The van der Waals surface area contributed by atoms with Crippen LogP contribution in [0.1, 0.15) is 43.6 Å². The van der Waals surface area contributed by atoms with Gasteiger partial charge in [-0.2, -0.15) is 0 Å². The average Bonchev–Trinajstić information content (AvgIpc) is 3.10. The third kappa shape index (κ3) is 2.40. The lowest BCUT2D eigenvalue weighted by atomic mass is 10.2. The van der Waals surface area contributed by atoms with Gasteiger partial charge in [-0.1, -0.05) is 6.92 Å². The number of anilines is 1. The fourth-order valence-corrected chi connectivity index (χ4v) is 1.91. The molecule has 0 amide bonds. The van der Waals surface area contributed by atoms with Crippen molar-refractivity contribution >= 4 is 11.5 Å². The van der Waals surface area contributed by atoms with Crippen molar-refractivity contribution in [1.29, 1.82) is 0 Å². The fraction of sp³-hybridized carbons (Fsp3) is 0.538. The van der Waals surface area contributed by atoms with Crippen molar-refractivity contribution in [1.82, 2.24) is 4.98 Å². The Labute approximate surface area is 96.5 Å². The number of hydrogen-bond acceptors (Lipinski definition) is 3. The minimum absolute atomic E-state index is 0.0278. The molecule has 1 aromatic rings. The third-order valence-corrected chi connectivity index (χ3v) is 2.89. The predicted octanol–water partition coefficient (Wildman–Crippen LogP) is 2.66. The lowest BCUT2D eigenvalue weighted by molar-refractivity contribution is 0.101. The zero-order valence-corrected chi connectivity index (χ0v) is 9.94. The molecule has 3 nitrogen and oxygen atoms in total. The molecule has 0 spiro atoms. The number of carbonyl (C=O) groups excluding carboxylic acids is 1. The summed E-state index contributed by atoms with van der Waals surface area (Å²) in [4.78, 5) is 17.7. The topological polar surface area (TPSA) is 33.2 Å². The first kappa shape index (κ1) is 11.1. The lowest BCUT2D eigenvalue weighted by Crippen LogP contribution is -2.26. The summed E-state index contributed by atoms with van der Waals surface area (Å²) < 4.78 is 0. The Morgan fingerprint density at radius 3 is 2.69 bits per heavy atom. The maximum absolute atomic E-state index is 11.1. The van der Waals surface area contributed by atoms with E-state index in [-0.39, 0.29) is 5.78 Å². The molecule has 1 aromatic heterocycles. The highest BCUT2D eigenvalue weighted by molar-refractivity contribution is 5.92. The zero-order chi connectivity index (χ0) is 11.5. The van der Waals surface area contributed by atoms with E-state index in [1.54, 1.807) is 6.92 Å². The minimum atomic E-state index is 0.0278. The smallest absolute Gasteiger partial charge is 0.178 e. The van der Waals surface area contributed by atoms with Crippen molar-refractivity contribution in [3.8, 4) is 0 Å². The van der Waals surface area contributed by atoms with E-state index in [0.29, 0.717) is 11.7 Å². The summed E-state index contributed by atoms with van der Waals surface area (Å²) in [6.45, 7) is 4.81. The Morgan fingerprint density at radius 2 is 2.25 bits per heavy atom. The Hall–Kier alpha value is -1.38. The third-order valence-electron chi connectivity index (χ3n) is 2.89. The van der Waals surface area contributed by atoms with Crippen LogP contribution in [0.2, 0.25) is 0 Å². The maximum atomic E-state index is 11.1. The van der Waals surface area contributed by atoms with Crippen molar-refractivity contribution in [3.63, 3.8) is 0 Å². The van der Waals surface area contributed by atoms with Gasteiger partial charge < -0.3 is 4.90 Å². The monoisotopic (exact) mass is 218 g/mol. The number of hydrogen-bond donors (Lipinski definition) is 0. The van der Waals surface area contributed by atoms with E-state index in [4.69, 9.17) is 0 Å². The molecule has 0 bridgehead atoms. The van der Waals surface area contributed by atoms with Crippen LogP contribution in [-0.4, -0.2) is 23.4 Å². The van der Waals surface area contributed by atoms with Crippen LogP contribution in [0.4, 0.5) is 5.69 Å². The van der Waals surface area contributed by atoms with Gasteiger partial charge in [0.25, 0.3) is 0 Å². The second-order valence-corrected chi connectivity index (χ2v) is 4.38. The molecule has 1 heterocycles. The van der Waals surface area contributed by atoms with E-state index < -0.39 is 0 Å². The van der Waals surface area contributed by atoms with Gasteiger partial charge >= 0.3 is 0 Å². The van der Waals surface area contributed by atoms with Gasteiger partial charge in [0, 0.05) is 19.5 Å². The molecular formula is C13H18N2O. The van der Waals surface area contributed by atoms with Crippen LogP contribution in [0.3, 0.4) is 0 Å². The van der Waals surface area contributed by atoms with Crippen LogP contribution in [0.5, 0.6) is 0 Å². The van der Waals surface area contributed by atoms with Gasteiger partial charge in [0.15, 0.2) is 5.78 Å². The van der Waals surface area contributed by atoms with Crippen molar-refractivity contribution in [2.24, 2.45) is 0 Å². The van der Waals surface area contributed by atoms with Gasteiger partial charge in [-0.3, -0.25) is 9.78 Å². The van der Waals surface area contributed by atoms with E-state index in [2.05, 4.69) is 16.8 Å². The number of ketones is 1. The second kappa shape index (κ2) is 4.64. The molecule has 0 aliphatic heterocycles. The Morgan fingerprint density at radius 1 is 1.50 bits per heavy atom. The van der Waals surface area contributed by atoms with Gasteiger partial charge in [-0.05, 0) is 31.4 Å². The maximum Gasteiger partial charge on any atom is 0.178 e. The van der Waals surface area contributed by atoms with E-state index in [1.165, 1.54) is 12.8 Å². The summed E-state index contributed by atoms with van der Waals surface area (Å²) in [5, 5.41) is 0. The quantitative estimate of drug-likeness (QED) is 0.712. The van der Waals surface area contributed by atoms with Crippen molar-refractivity contribution in [2.75, 3.05) is 11.4 Å². The summed E-state index contributed by atoms with van der Waals surface area (Å²) in [5.74, 6) is 0.0278. The molecule has 0 unspecified atom stereocenters.